The van der Waals surface area contributed by atoms with Crippen LogP contribution in [0.15, 0.2) is 0 Å². The van der Waals surface area contributed by atoms with Crippen LogP contribution in [0, 0.1) is 12.8 Å². The van der Waals surface area contributed by atoms with Crippen molar-refractivity contribution in [1.29, 1.82) is 0 Å². The lowest BCUT2D eigenvalue weighted by atomic mass is 9.84. The number of carbonyl (C=O) groups excluding carboxylic acids is 1. The molecule has 1 aromatic rings. The highest BCUT2D eigenvalue weighted by Crippen LogP contribution is 2.27. The first-order valence-corrected chi connectivity index (χ1v) is 6.63. The number of aryl methyl sites for hydroxylation is 2. The van der Waals surface area contributed by atoms with Crippen molar-refractivity contribution in [3.63, 3.8) is 0 Å². The zero-order valence-corrected chi connectivity index (χ0v) is 11.7. The third kappa shape index (κ3) is 3.09. The molecule has 1 fully saturated rings. The average Bonchev–Trinajstić information content (AvgIpc) is 2.75. The van der Waals surface area contributed by atoms with E-state index in [4.69, 9.17) is 0 Å². The molecule has 0 bridgehead atoms. The molecule has 1 aromatic heterocycles. The van der Waals surface area contributed by atoms with E-state index < -0.39 is 5.60 Å². The molecule has 0 unspecified atom stereocenters. The van der Waals surface area contributed by atoms with E-state index in [0.29, 0.717) is 38.3 Å². The Hall–Kier alpha value is -1.50. The highest BCUT2D eigenvalue weighted by atomic mass is 16.3. The largest absolute Gasteiger partial charge is 0.390 e. The maximum atomic E-state index is 12.1. The fourth-order valence-electron chi connectivity index (χ4n) is 2.27. The molecule has 0 aliphatic carbocycles. The Labute approximate surface area is 112 Å². The van der Waals surface area contributed by atoms with Crippen LogP contribution in [-0.4, -0.2) is 54.8 Å². The molecule has 19 heavy (non-hydrogen) atoms. The predicted octanol–water partition coefficient (Wildman–Crippen LogP) is -0.00898. The number of aliphatic hydroxyl groups is 1. The van der Waals surface area contributed by atoms with Crippen molar-refractivity contribution in [2.75, 3.05) is 13.1 Å². The van der Waals surface area contributed by atoms with Gasteiger partial charge in [0.1, 0.15) is 5.82 Å². The summed E-state index contributed by atoms with van der Waals surface area (Å²) in [7, 11) is 0. The maximum Gasteiger partial charge on any atom is 0.224 e. The van der Waals surface area contributed by atoms with Crippen LogP contribution < -0.4 is 0 Å². The third-order valence-corrected chi connectivity index (χ3v) is 4.04. The Morgan fingerprint density at radius 1 is 1.58 bits per heavy atom. The molecule has 1 amide bonds. The van der Waals surface area contributed by atoms with Crippen molar-refractivity contribution >= 4 is 5.91 Å². The Kier molecular flexibility index (Phi) is 3.84. The number of likely N-dealkylation sites (tertiary alicyclic amines) is 1. The van der Waals surface area contributed by atoms with Crippen LogP contribution in [0.5, 0.6) is 0 Å². The second-order valence-corrected chi connectivity index (χ2v) is 5.55. The standard InChI is InChI=1S/C12H21N5O2/c1-9-8-16(7-5-12(9,3)19)11(18)4-6-17-10(2)13-14-15-17/h9,19H,4-8H2,1-3H3/t9-,12+/m0/s1. The number of rotatable bonds is 3. The Morgan fingerprint density at radius 2 is 2.32 bits per heavy atom. The summed E-state index contributed by atoms with van der Waals surface area (Å²) in [5.41, 5.74) is -0.664. The zero-order valence-electron chi connectivity index (χ0n) is 11.7. The molecule has 0 spiro atoms. The minimum atomic E-state index is -0.664. The molecule has 0 saturated carbocycles. The molecule has 7 heteroatoms. The van der Waals surface area contributed by atoms with Gasteiger partial charge in [0.05, 0.1) is 12.1 Å². The topological polar surface area (TPSA) is 84.1 Å². The first kappa shape index (κ1) is 13.9. The van der Waals surface area contributed by atoms with E-state index >= 15 is 0 Å². The molecule has 1 aliphatic heterocycles. The van der Waals surface area contributed by atoms with Gasteiger partial charge in [-0.05, 0) is 30.7 Å². The minimum absolute atomic E-state index is 0.0947. The van der Waals surface area contributed by atoms with Crippen LogP contribution in [0.4, 0.5) is 0 Å². The lowest BCUT2D eigenvalue weighted by molar-refractivity contribution is -0.138. The first-order valence-electron chi connectivity index (χ1n) is 6.63. The fourth-order valence-corrected chi connectivity index (χ4v) is 2.27. The van der Waals surface area contributed by atoms with Gasteiger partial charge in [0.25, 0.3) is 0 Å². The molecule has 1 aliphatic rings. The van der Waals surface area contributed by atoms with Gasteiger partial charge in [0, 0.05) is 25.4 Å². The summed E-state index contributed by atoms with van der Waals surface area (Å²) in [6.07, 6.45) is 1.02. The van der Waals surface area contributed by atoms with Gasteiger partial charge in [0.15, 0.2) is 0 Å². The van der Waals surface area contributed by atoms with Gasteiger partial charge in [-0.1, -0.05) is 6.92 Å². The van der Waals surface area contributed by atoms with E-state index in [2.05, 4.69) is 15.5 Å². The zero-order chi connectivity index (χ0) is 14.0. The van der Waals surface area contributed by atoms with Crippen molar-refractivity contribution in [3.05, 3.63) is 5.82 Å². The van der Waals surface area contributed by atoms with E-state index in [1.54, 1.807) is 4.68 Å². The average molecular weight is 267 g/mol. The monoisotopic (exact) mass is 267 g/mol. The molecule has 7 nitrogen and oxygen atoms in total. The van der Waals surface area contributed by atoms with Crippen LogP contribution in [0.25, 0.3) is 0 Å². The maximum absolute atomic E-state index is 12.1. The number of amides is 1. The van der Waals surface area contributed by atoms with Crippen molar-refractivity contribution in [2.24, 2.45) is 5.92 Å². The van der Waals surface area contributed by atoms with Crippen LogP contribution >= 0.6 is 0 Å². The van der Waals surface area contributed by atoms with Crippen molar-refractivity contribution in [2.45, 2.75) is 45.8 Å². The van der Waals surface area contributed by atoms with Gasteiger partial charge in [-0.25, -0.2) is 4.68 Å². The highest BCUT2D eigenvalue weighted by Gasteiger charge is 2.35. The number of aromatic nitrogens is 4. The van der Waals surface area contributed by atoms with Gasteiger partial charge in [-0.2, -0.15) is 0 Å². The van der Waals surface area contributed by atoms with Gasteiger partial charge in [-0.3, -0.25) is 4.79 Å². The Bertz CT molecular complexity index is 457. The second-order valence-electron chi connectivity index (χ2n) is 5.55. The molecular formula is C12H21N5O2. The lowest BCUT2D eigenvalue weighted by Crippen LogP contribution is -2.51. The Balaban J connectivity index is 1.86. The molecule has 106 valence electrons. The van der Waals surface area contributed by atoms with E-state index in [1.807, 2.05) is 25.7 Å². The number of nitrogens with zero attached hydrogens (tertiary/aromatic N) is 5. The van der Waals surface area contributed by atoms with E-state index in [-0.39, 0.29) is 11.8 Å². The molecule has 2 atom stereocenters. The predicted molar refractivity (Wildman–Crippen MR) is 68.2 cm³/mol. The lowest BCUT2D eigenvalue weighted by Gasteiger charge is -2.41. The molecule has 1 N–H and O–H groups in total. The summed E-state index contributed by atoms with van der Waals surface area (Å²) in [4.78, 5) is 13.9. The summed E-state index contributed by atoms with van der Waals surface area (Å²) in [5, 5.41) is 21.2. The number of piperidine rings is 1. The Morgan fingerprint density at radius 3 is 2.89 bits per heavy atom. The minimum Gasteiger partial charge on any atom is -0.390 e. The van der Waals surface area contributed by atoms with Gasteiger partial charge >= 0.3 is 0 Å². The second kappa shape index (κ2) is 5.24. The SMILES string of the molecule is Cc1nnnn1CCC(=O)N1CC[C@@](C)(O)[C@@H](C)C1. The quantitative estimate of drug-likeness (QED) is 0.832. The number of tetrazole rings is 1. The first-order chi connectivity index (χ1) is 8.90. The van der Waals surface area contributed by atoms with Crippen LogP contribution in [0.3, 0.4) is 0 Å². The number of hydrogen-bond acceptors (Lipinski definition) is 5. The molecule has 0 aromatic carbocycles. The van der Waals surface area contributed by atoms with Crippen LogP contribution in [0.2, 0.25) is 0 Å². The summed E-state index contributed by atoms with van der Waals surface area (Å²) in [6.45, 7) is 7.35. The van der Waals surface area contributed by atoms with E-state index in [1.165, 1.54) is 0 Å². The van der Waals surface area contributed by atoms with Crippen LogP contribution in [-0.2, 0) is 11.3 Å². The summed E-state index contributed by atoms with van der Waals surface area (Å²) in [6, 6.07) is 0. The summed E-state index contributed by atoms with van der Waals surface area (Å²) in [5.74, 6) is 0.903. The van der Waals surface area contributed by atoms with E-state index in [0.717, 1.165) is 0 Å². The fraction of sp³-hybridized carbons (Fsp3) is 0.833. The molecular weight excluding hydrogens is 246 g/mol. The smallest absolute Gasteiger partial charge is 0.224 e. The third-order valence-electron chi connectivity index (χ3n) is 4.04. The van der Waals surface area contributed by atoms with Crippen molar-refractivity contribution in [3.8, 4) is 0 Å². The highest BCUT2D eigenvalue weighted by molar-refractivity contribution is 5.76. The molecule has 2 heterocycles. The normalized spacial score (nSPS) is 27.6. The van der Waals surface area contributed by atoms with Gasteiger partial charge in [-0.15, -0.1) is 5.10 Å². The van der Waals surface area contributed by atoms with Crippen molar-refractivity contribution in [1.82, 2.24) is 25.1 Å². The number of hydrogen-bond donors (Lipinski definition) is 1. The molecule has 2 rings (SSSR count). The summed E-state index contributed by atoms with van der Waals surface area (Å²) < 4.78 is 1.63. The van der Waals surface area contributed by atoms with Gasteiger partial charge < -0.3 is 10.0 Å². The summed E-state index contributed by atoms with van der Waals surface area (Å²) >= 11 is 0. The molecule has 0 radical (unpaired) electrons. The van der Waals surface area contributed by atoms with E-state index in [9.17, 15) is 9.90 Å². The number of carbonyl (C=O) groups is 1. The van der Waals surface area contributed by atoms with Crippen LogP contribution in [0.1, 0.15) is 32.5 Å². The van der Waals surface area contributed by atoms with Gasteiger partial charge in [0.2, 0.25) is 5.91 Å². The molecule has 1 saturated heterocycles. The van der Waals surface area contributed by atoms with Crippen molar-refractivity contribution < 1.29 is 9.90 Å².